The SMILES string of the molecule is COc1cccc(CN(C)C(=O)CSCCOc2cc(C)cc(C)c2)c1OC. The van der Waals surface area contributed by atoms with Crippen LogP contribution in [0.4, 0.5) is 0 Å². The Balaban J connectivity index is 1.77. The molecular weight excluding hydrogens is 374 g/mol. The van der Waals surface area contributed by atoms with Gasteiger partial charge in [-0.2, -0.15) is 0 Å². The average Bonchev–Trinajstić information content (AvgIpc) is 2.66. The largest absolute Gasteiger partial charge is 0.493 e. The molecule has 0 saturated heterocycles. The number of methoxy groups -OCH3 is 2. The normalized spacial score (nSPS) is 10.5. The number of carbonyl (C=O) groups is 1. The molecule has 0 saturated carbocycles. The van der Waals surface area contributed by atoms with Crippen LogP contribution >= 0.6 is 11.8 Å². The lowest BCUT2D eigenvalue weighted by atomic mass is 10.1. The van der Waals surface area contributed by atoms with Crippen molar-refractivity contribution in [2.24, 2.45) is 0 Å². The molecule has 0 heterocycles. The Labute approximate surface area is 172 Å². The number of hydrogen-bond acceptors (Lipinski definition) is 5. The van der Waals surface area contributed by atoms with Crippen LogP contribution in [0.1, 0.15) is 16.7 Å². The van der Waals surface area contributed by atoms with Gasteiger partial charge in [0.15, 0.2) is 11.5 Å². The number of nitrogens with zero attached hydrogens (tertiary/aromatic N) is 1. The smallest absolute Gasteiger partial charge is 0.232 e. The predicted octanol–water partition coefficient (Wildman–Crippen LogP) is 4.09. The number of rotatable bonds is 10. The van der Waals surface area contributed by atoms with E-state index >= 15 is 0 Å². The Hall–Kier alpha value is -2.34. The van der Waals surface area contributed by atoms with E-state index in [0.29, 0.717) is 30.4 Å². The summed E-state index contributed by atoms with van der Waals surface area (Å²) in [7, 11) is 5.01. The van der Waals surface area contributed by atoms with Gasteiger partial charge in [-0.3, -0.25) is 4.79 Å². The van der Waals surface area contributed by atoms with Gasteiger partial charge in [0.1, 0.15) is 5.75 Å². The van der Waals surface area contributed by atoms with Crippen molar-refractivity contribution in [1.82, 2.24) is 4.90 Å². The highest BCUT2D eigenvalue weighted by molar-refractivity contribution is 7.99. The molecule has 2 aromatic rings. The molecule has 0 spiro atoms. The number of para-hydroxylation sites is 1. The molecule has 6 heteroatoms. The molecule has 0 fully saturated rings. The van der Waals surface area contributed by atoms with Gasteiger partial charge < -0.3 is 19.1 Å². The second-order valence-corrected chi connectivity index (χ2v) is 7.73. The summed E-state index contributed by atoms with van der Waals surface area (Å²) in [6, 6.07) is 11.9. The van der Waals surface area contributed by atoms with E-state index in [1.807, 2.05) is 30.3 Å². The first-order chi connectivity index (χ1) is 13.4. The molecule has 0 bridgehead atoms. The standard InChI is InChI=1S/C22H29NO4S/c1-16-11-17(2)13-19(12-16)27-9-10-28-15-21(24)23(3)14-18-7-6-8-20(25-4)22(18)26-5/h6-8,11-13H,9-10,14-15H2,1-5H3. The molecule has 5 nitrogen and oxygen atoms in total. The molecule has 0 aliphatic carbocycles. The maximum absolute atomic E-state index is 12.4. The van der Waals surface area contributed by atoms with Gasteiger partial charge in [-0.1, -0.05) is 18.2 Å². The predicted molar refractivity (Wildman–Crippen MR) is 115 cm³/mol. The van der Waals surface area contributed by atoms with Gasteiger partial charge in [0, 0.05) is 24.9 Å². The lowest BCUT2D eigenvalue weighted by Gasteiger charge is -2.20. The third-order valence-electron chi connectivity index (χ3n) is 4.23. The number of aryl methyl sites for hydroxylation is 2. The van der Waals surface area contributed by atoms with Gasteiger partial charge in [0.05, 0.1) is 26.6 Å². The van der Waals surface area contributed by atoms with E-state index in [-0.39, 0.29) is 5.91 Å². The molecule has 0 unspecified atom stereocenters. The zero-order chi connectivity index (χ0) is 20.5. The summed E-state index contributed by atoms with van der Waals surface area (Å²) in [5, 5.41) is 0. The molecule has 0 atom stereocenters. The Morgan fingerprint density at radius 2 is 1.79 bits per heavy atom. The van der Waals surface area contributed by atoms with Crippen LogP contribution < -0.4 is 14.2 Å². The van der Waals surface area contributed by atoms with Crippen LogP contribution in [0.3, 0.4) is 0 Å². The summed E-state index contributed by atoms with van der Waals surface area (Å²) in [5.74, 6) is 3.46. The molecule has 0 aliphatic rings. The van der Waals surface area contributed by atoms with Crippen molar-refractivity contribution in [3.05, 3.63) is 53.1 Å². The minimum Gasteiger partial charge on any atom is -0.493 e. The van der Waals surface area contributed by atoms with E-state index in [9.17, 15) is 4.79 Å². The van der Waals surface area contributed by atoms with E-state index in [0.717, 1.165) is 17.1 Å². The Bertz CT molecular complexity index is 774. The molecule has 2 rings (SSSR count). The van der Waals surface area contributed by atoms with Gasteiger partial charge in [-0.25, -0.2) is 0 Å². The fraction of sp³-hybridized carbons (Fsp3) is 0.409. The topological polar surface area (TPSA) is 48.0 Å². The fourth-order valence-corrected chi connectivity index (χ4v) is 3.67. The van der Waals surface area contributed by atoms with Crippen molar-refractivity contribution in [1.29, 1.82) is 0 Å². The number of hydrogen-bond donors (Lipinski definition) is 0. The van der Waals surface area contributed by atoms with Crippen LogP contribution in [-0.2, 0) is 11.3 Å². The summed E-state index contributed by atoms with van der Waals surface area (Å²) >= 11 is 1.57. The van der Waals surface area contributed by atoms with Gasteiger partial charge in [0.2, 0.25) is 5.91 Å². The lowest BCUT2D eigenvalue weighted by Crippen LogP contribution is -2.28. The monoisotopic (exact) mass is 403 g/mol. The maximum atomic E-state index is 12.4. The molecule has 28 heavy (non-hydrogen) atoms. The van der Waals surface area contributed by atoms with Crippen molar-refractivity contribution < 1.29 is 19.0 Å². The average molecular weight is 404 g/mol. The molecule has 1 amide bonds. The number of amides is 1. The van der Waals surface area contributed by atoms with Crippen LogP contribution in [0.15, 0.2) is 36.4 Å². The summed E-state index contributed by atoms with van der Waals surface area (Å²) in [5.41, 5.74) is 3.29. The van der Waals surface area contributed by atoms with Gasteiger partial charge in [-0.05, 0) is 43.2 Å². The van der Waals surface area contributed by atoms with Gasteiger partial charge in [0.25, 0.3) is 0 Å². The summed E-state index contributed by atoms with van der Waals surface area (Å²) in [4.78, 5) is 14.1. The minimum atomic E-state index is 0.0706. The third kappa shape index (κ3) is 6.37. The third-order valence-corrected chi connectivity index (χ3v) is 5.14. The molecule has 0 radical (unpaired) electrons. The molecule has 2 aromatic carbocycles. The number of ether oxygens (including phenoxy) is 3. The Morgan fingerprint density at radius 1 is 1.07 bits per heavy atom. The highest BCUT2D eigenvalue weighted by Crippen LogP contribution is 2.31. The van der Waals surface area contributed by atoms with Crippen LogP contribution in [0.5, 0.6) is 17.2 Å². The van der Waals surface area contributed by atoms with Crippen molar-refractivity contribution in [3.63, 3.8) is 0 Å². The van der Waals surface area contributed by atoms with Crippen LogP contribution in [0, 0.1) is 13.8 Å². The highest BCUT2D eigenvalue weighted by atomic mass is 32.2. The van der Waals surface area contributed by atoms with E-state index in [4.69, 9.17) is 14.2 Å². The van der Waals surface area contributed by atoms with Crippen molar-refractivity contribution in [3.8, 4) is 17.2 Å². The van der Waals surface area contributed by atoms with Crippen LogP contribution in [-0.4, -0.2) is 50.2 Å². The summed E-state index contributed by atoms with van der Waals surface area (Å²) in [6.07, 6.45) is 0. The van der Waals surface area contributed by atoms with Crippen molar-refractivity contribution >= 4 is 17.7 Å². The Morgan fingerprint density at radius 3 is 2.43 bits per heavy atom. The summed E-state index contributed by atoms with van der Waals surface area (Å²) < 4.78 is 16.5. The quantitative estimate of drug-likeness (QED) is 0.559. The lowest BCUT2D eigenvalue weighted by molar-refractivity contribution is -0.127. The molecule has 0 aliphatic heterocycles. The maximum Gasteiger partial charge on any atom is 0.232 e. The number of thioether (sulfide) groups is 1. The number of carbonyl (C=O) groups excluding carboxylic acids is 1. The molecule has 0 aromatic heterocycles. The minimum absolute atomic E-state index is 0.0706. The van der Waals surface area contributed by atoms with Crippen LogP contribution in [0.25, 0.3) is 0 Å². The van der Waals surface area contributed by atoms with Crippen LogP contribution in [0.2, 0.25) is 0 Å². The second-order valence-electron chi connectivity index (χ2n) is 6.63. The first-order valence-corrected chi connectivity index (χ1v) is 10.3. The van der Waals surface area contributed by atoms with E-state index < -0.39 is 0 Å². The molecule has 0 N–H and O–H groups in total. The van der Waals surface area contributed by atoms with E-state index in [1.54, 1.807) is 37.9 Å². The van der Waals surface area contributed by atoms with Gasteiger partial charge >= 0.3 is 0 Å². The number of benzene rings is 2. The molecule has 152 valence electrons. The van der Waals surface area contributed by atoms with E-state index in [2.05, 4.69) is 19.9 Å². The Kier molecular flexibility index (Phi) is 8.51. The summed E-state index contributed by atoms with van der Waals surface area (Å²) in [6.45, 7) is 5.16. The first kappa shape index (κ1) is 22.0. The first-order valence-electron chi connectivity index (χ1n) is 9.17. The fourth-order valence-electron chi connectivity index (χ4n) is 2.93. The second kappa shape index (κ2) is 10.9. The van der Waals surface area contributed by atoms with E-state index in [1.165, 1.54) is 11.1 Å². The van der Waals surface area contributed by atoms with Crippen molar-refractivity contribution in [2.75, 3.05) is 39.4 Å². The molecular formula is C22H29NO4S. The van der Waals surface area contributed by atoms with Crippen molar-refractivity contribution in [2.45, 2.75) is 20.4 Å². The zero-order valence-electron chi connectivity index (χ0n) is 17.3. The highest BCUT2D eigenvalue weighted by Gasteiger charge is 2.14. The zero-order valence-corrected chi connectivity index (χ0v) is 18.1. The van der Waals surface area contributed by atoms with Gasteiger partial charge in [-0.15, -0.1) is 11.8 Å².